The number of piperazine rings is 1. The summed E-state index contributed by atoms with van der Waals surface area (Å²) in [5.41, 5.74) is 1.78. The zero-order valence-electron chi connectivity index (χ0n) is 16.5. The normalized spacial score (nSPS) is 19.4. The Kier molecular flexibility index (Phi) is 5.69. The van der Waals surface area contributed by atoms with Gasteiger partial charge in [0, 0.05) is 4.88 Å². The van der Waals surface area contributed by atoms with E-state index >= 15 is 0 Å². The molecule has 1 saturated heterocycles. The molecule has 8 heteroatoms. The number of amides is 2. The van der Waals surface area contributed by atoms with Crippen molar-refractivity contribution in [2.45, 2.75) is 26.2 Å². The van der Waals surface area contributed by atoms with E-state index in [1.807, 2.05) is 0 Å². The van der Waals surface area contributed by atoms with Crippen LogP contribution in [-0.4, -0.2) is 49.4 Å². The van der Waals surface area contributed by atoms with E-state index in [4.69, 9.17) is 4.42 Å². The molecule has 7 nitrogen and oxygen atoms in total. The second kappa shape index (κ2) is 8.39. The number of fused-ring (bicyclic) bond motifs is 1. The van der Waals surface area contributed by atoms with Crippen LogP contribution in [0.4, 0.5) is 5.00 Å². The molecule has 3 heterocycles. The number of carbonyl (C=O) groups excluding carboxylic acids is 2. The van der Waals surface area contributed by atoms with Crippen molar-refractivity contribution in [3.63, 3.8) is 0 Å². The molecule has 0 radical (unpaired) electrons. The van der Waals surface area contributed by atoms with Crippen molar-refractivity contribution in [2.24, 2.45) is 5.92 Å². The number of thiophene rings is 1. The van der Waals surface area contributed by atoms with Gasteiger partial charge in [-0.15, -0.1) is 11.3 Å². The number of anilines is 1. The average molecular weight is 414 g/mol. The van der Waals surface area contributed by atoms with Crippen LogP contribution in [0.15, 0.2) is 22.8 Å². The predicted molar refractivity (Wildman–Crippen MR) is 109 cm³/mol. The van der Waals surface area contributed by atoms with Crippen molar-refractivity contribution >= 4 is 28.2 Å². The van der Waals surface area contributed by atoms with Crippen LogP contribution < -0.4 is 10.2 Å². The Morgan fingerprint density at radius 1 is 1.41 bits per heavy atom. The summed E-state index contributed by atoms with van der Waals surface area (Å²) in [7, 11) is 0. The number of nitriles is 1. The molecule has 0 saturated carbocycles. The quantitative estimate of drug-likeness (QED) is 0.791. The molecule has 0 unspecified atom stereocenters. The monoisotopic (exact) mass is 413 g/mol. The van der Waals surface area contributed by atoms with Crippen LogP contribution in [0.5, 0.6) is 0 Å². The van der Waals surface area contributed by atoms with E-state index in [0.29, 0.717) is 55.0 Å². The fourth-order valence-corrected chi connectivity index (χ4v) is 5.49. The van der Waals surface area contributed by atoms with E-state index in [1.54, 1.807) is 28.4 Å². The Bertz CT molecular complexity index is 936. The van der Waals surface area contributed by atoms with Gasteiger partial charge >= 0.3 is 0 Å². The maximum Gasteiger partial charge on any atom is 0.289 e. The van der Waals surface area contributed by atoms with Crippen LogP contribution in [0.2, 0.25) is 0 Å². The van der Waals surface area contributed by atoms with Crippen LogP contribution in [0.1, 0.15) is 39.9 Å². The molecule has 0 bridgehead atoms. The maximum absolute atomic E-state index is 12.6. The maximum atomic E-state index is 12.6. The summed E-state index contributed by atoms with van der Waals surface area (Å²) in [4.78, 5) is 29.1. The van der Waals surface area contributed by atoms with Crippen LogP contribution >= 0.6 is 11.3 Å². The molecule has 152 valence electrons. The van der Waals surface area contributed by atoms with E-state index in [0.717, 1.165) is 29.7 Å². The first-order chi connectivity index (χ1) is 14.0. The minimum atomic E-state index is -0.101. The molecule has 1 atom stereocenters. The Labute approximate surface area is 173 Å². The lowest BCUT2D eigenvalue weighted by atomic mass is 9.89. The first-order valence-electron chi connectivity index (χ1n) is 10.1. The number of carbonyl (C=O) groups is 2. The van der Waals surface area contributed by atoms with Crippen molar-refractivity contribution < 1.29 is 18.9 Å². The van der Waals surface area contributed by atoms with E-state index < -0.39 is 0 Å². The second-order valence-corrected chi connectivity index (χ2v) is 9.02. The summed E-state index contributed by atoms with van der Waals surface area (Å²) in [6.45, 7) is 5.18. The summed E-state index contributed by atoms with van der Waals surface area (Å²) >= 11 is 1.56. The first-order valence-corrected chi connectivity index (χ1v) is 10.9. The summed E-state index contributed by atoms with van der Waals surface area (Å²) in [5, 5.41) is 13.3. The molecular formula is C21H25N4O3S+. The Hall–Kier alpha value is -2.63. The highest BCUT2D eigenvalue weighted by molar-refractivity contribution is 7.16. The third kappa shape index (κ3) is 4.21. The summed E-state index contributed by atoms with van der Waals surface area (Å²) < 4.78 is 5.18. The predicted octanol–water partition coefficient (Wildman–Crippen LogP) is 1.32. The van der Waals surface area contributed by atoms with Gasteiger partial charge in [-0.05, 0) is 42.9 Å². The van der Waals surface area contributed by atoms with Gasteiger partial charge in [-0.25, -0.2) is 0 Å². The lowest BCUT2D eigenvalue weighted by Gasteiger charge is -2.31. The van der Waals surface area contributed by atoms with Crippen LogP contribution in [0.3, 0.4) is 0 Å². The number of rotatable bonds is 4. The third-order valence-corrected chi connectivity index (χ3v) is 6.95. The minimum Gasteiger partial charge on any atom is -0.459 e. The highest BCUT2D eigenvalue weighted by Crippen LogP contribution is 2.39. The van der Waals surface area contributed by atoms with E-state index in [1.165, 1.54) is 11.1 Å². The van der Waals surface area contributed by atoms with Gasteiger partial charge in [0.25, 0.3) is 11.8 Å². The molecule has 2 amide bonds. The number of nitrogens with one attached hydrogen (secondary N) is 2. The average Bonchev–Trinajstić information content (AvgIpc) is 3.35. The smallest absolute Gasteiger partial charge is 0.289 e. The van der Waals surface area contributed by atoms with Gasteiger partial charge in [-0.2, -0.15) is 5.26 Å². The topological polar surface area (TPSA) is 90.8 Å². The number of hydrogen-bond donors (Lipinski definition) is 2. The zero-order valence-corrected chi connectivity index (χ0v) is 17.3. The fraction of sp³-hybridized carbons (Fsp3) is 0.476. The number of nitrogens with zero attached hydrogens (tertiary/aromatic N) is 2. The molecule has 29 heavy (non-hydrogen) atoms. The molecule has 2 aliphatic rings. The largest absolute Gasteiger partial charge is 0.459 e. The third-order valence-electron chi connectivity index (χ3n) is 5.78. The molecule has 4 rings (SSSR count). The molecule has 1 fully saturated rings. The lowest BCUT2D eigenvalue weighted by Crippen LogP contribution is -3.15. The Morgan fingerprint density at radius 2 is 2.21 bits per heavy atom. The van der Waals surface area contributed by atoms with Crippen LogP contribution in [-0.2, 0) is 17.6 Å². The molecular weight excluding hydrogens is 388 g/mol. The number of quaternary nitrogens is 1. The zero-order chi connectivity index (χ0) is 20.4. The standard InChI is InChI=1S/C21H24N4O3S/c1-14-4-5-15-16(12-22)20(29-18(15)11-14)23-19(26)13-24-6-8-25(9-7-24)21(27)17-3-2-10-28-17/h2-3,10,14H,4-9,11,13H2,1H3,(H,23,26)/p+1/t14-/m0/s1. The molecule has 2 N–H and O–H groups in total. The van der Waals surface area contributed by atoms with Crippen molar-refractivity contribution in [1.29, 1.82) is 5.26 Å². The summed E-state index contributed by atoms with van der Waals surface area (Å²) in [5.74, 6) is 0.802. The van der Waals surface area contributed by atoms with Crippen molar-refractivity contribution in [3.05, 3.63) is 40.2 Å². The highest BCUT2D eigenvalue weighted by atomic mass is 32.1. The van der Waals surface area contributed by atoms with E-state index in [-0.39, 0.29) is 11.8 Å². The molecule has 1 aliphatic carbocycles. The van der Waals surface area contributed by atoms with E-state index in [9.17, 15) is 14.9 Å². The Morgan fingerprint density at radius 3 is 2.90 bits per heavy atom. The van der Waals surface area contributed by atoms with Gasteiger partial charge < -0.3 is 19.5 Å². The van der Waals surface area contributed by atoms with Crippen molar-refractivity contribution in [2.75, 3.05) is 38.0 Å². The summed E-state index contributed by atoms with van der Waals surface area (Å²) in [6, 6.07) is 5.67. The Balaban J connectivity index is 1.32. The highest BCUT2D eigenvalue weighted by Gasteiger charge is 2.28. The van der Waals surface area contributed by atoms with Gasteiger partial charge in [0.1, 0.15) is 11.1 Å². The van der Waals surface area contributed by atoms with Gasteiger partial charge in [0.05, 0.1) is 38.0 Å². The minimum absolute atomic E-state index is 0.0750. The molecule has 1 aliphatic heterocycles. The van der Waals surface area contributed by atoms with Crippen molar-refractivity contribution in [3.8, 4) is 6.07 Å². The fourth-order valence-electron chi connectivity index (χ4n) is 4.11. The van der Waals surface area contributed by atoms with Crippen LogP contribution in [0, 0.1) is 17.2 Å². The van der Waals surface area contributed by atoms with Gasteiger partial charge in [-0.3, -0.25) is 9.59 Å². The first kappa shape index (κ1) is 19.7. The van der Waals surface area contributed by atoms with E-state index in [2.05, 4.69) is 18.3 Å². The summed E-state index contributed by atoms with van der Waals surface area (Å²) in [6.07, 6.45) is 4.50. The number of hydrogen-bond acceptors (Lipinski definition) is 5. The van der Waals surface area contributed by atoms with Gasteiger partial charge in [-0.1, -0.05) is 6.92 Å². The van der Waals surface area contributed by atoms with Crippen LogP contribution in [0.25, 0.3) is 0 Å². The van der Waals surface area contributed by atoms with Gasteiger partial charge in [0.2, 0.25) is 0 Å². The molecule has 2 aromatic heterocycles. The number of furan rings is 1. The molecule has 0 spiro atoms. The second-order valence-electron chi connectivity index (χ2n) is 7.91. The van der Waals surface area contributed by atoms with Crippen molar-refractivity contribution in [1.82, 2.24) is 4.90 Å². The SMILES string of the molecule is C[C@H]1CCc2c(sc(NC(=O)C[NH+]3CCN(C(=O)c4ccco4)CC3)c2C#N)C1. The molecule has 2 aromatic rings. The van der Waals surface area contributed by atoms with Gasteiger partial charge in [0.15, 0.2) is 12.3 Å². The lowest BCUT2D eigenvalue weighted by molar-refractivity contribution is -0.895. The molecule has 0 aromatic carbocycles.